The van der Waals surface area contributed by atoms with E-state index >= 15 is 0 Å². The van der Waals surface area contributed by atoms with Crippen LogP contribution >= 0.6 is 11.6 Å². The molecule has 0 aliphatic heterocycles. The molecular weight excluding hydrogens is 190 g/mol. The van der Waals surface area contributed by atoms with Crippen LogP contribution in [0.3, 0.4) is 0 Å². The summed E-state index contributed by atoms with van der Waals surface area (Å²) in [5.74, 6) is 0.803. The van der Waals surface area contributed by atoms with Crippen LogP contribution < -0.4 is 4.74 Å². The first-order valence-corrected chi connectivity index (χ1v) is 4.02. The third-order valence-corrected chi connectivity index (χ3v) is 1.67. The number of nitrogens with one attached hydrogen (secondary N) is 1. The number of nitrogens with zero attached hydrogens (tertiary/aromatic N) is 2. The average Bonchev–Trinajstić information content (AvgIpc) is 2.54. The van der Waals surface area contributed by atoms with Crippen molar-refractivity contribution in [2.75, 3.05) is 0 Å². The molecule has 0 amide bonds. The number of rotatable bonds is 2. The third-order valence-electron chi connectivity index (χ3n) is 1.40. The predicted molar refractivity (Wildman–Crippen MR) is 47.9 cm³/mol. The summed E-state index contributed by atoms with van der Waals surface area (Å²) in [6.45, 7) is 0. The largest absolute Gasteiger partial charge is 0.418 e. The fourth-order valence-electron chi connectivity index (χ4n) is 0.841. The summed E-state index contributed by atoms with van der Waals surface area (Å²) in [6, 6.07) is 5.35. The second kappa shape index (κ2) is 3.45. The molecule has 0 aromatic carbocycles. The molecule has 0 aliphatic carbocycles. The Hall–Kier alpha value is -1.55. The van der Waals surface area contributed by atoms with Gasteiger partial charge in [0.1, 0.15) is 5.02 Å². The lowest BCUT2D eigenvalue weighted by Crippen LogP contribution is -1.87. The zero-order valence-corrected chi connectivity index (χ0v) is 7.32. The van der Waals surface area contributed by atoms with E-state index in [1.807, 2.05) is 6.07 Å². The van der Waals surface area contributed by atoms with Crippen LogP contribution in [0.2, 0.25) is 5.02 Å². The number of H-pyrrole nitrogens is 1. The van der Waals surface area contributed by atoms with Crippen LogP contribution in [0.25, 0.3) is 0 Å². The standard InChI is InChI=1S/C8H6ClN3O/c9-6-5-11-12-8(6)13-7-3-1-2-4-10-7/h1-5H,(H,11,12). The number of ether oxygens (including phenoxy) is 1. The molecular formula is C8H6ClN3O. The van der Waals surface area contributed by atoms with Crippen LogP contribution in [0, 0.1) is 0 Å². The molecule has 0 saturated carbocycles. The highest BCUT2D eigenvalue weighted by Gasteiger charge is 2.05. The first kappa shape index (κ1) is 8.07. The molecule has 2 heterocycles. The Morgan fingerprint density at radius 3 is 2.92 bits per heavy atom. The second-order valence-electron chi connectivity index (χ2n) is 2.31. The van der Waals surface area contributed by atoms with Crippen molar-refractivity contribution in [2.45, 2.75) is 0 Å². The molecule has 66 valence electrons. The molecule has 0 radical (unpaired) electrons. The summed E-state index contributed by atoms with van der Waals surface area (Å²) in [5.41, 5.74) is 0. The van der Waals surface area contributed by atoms with E-state index in [9.17, 15) is 0 Å². The molecule has 5 heteroatoms. The third kappa shape index (κ3) is 1.78. The fraction of sp³-hybridized carbons (Fsp3) is 0. The maximum Gasteiger partial charge on any atom is 0.258 e. The van der Waals surface area contributed by atoms with Crippen LogP contribution in [0.5, 0.6) is 11.8 Å². The second-order valence-corrected chi connectivity index (χ2v) is 2.72. The molecule has 13 heavy (non-hydrogen) atoms. The lowest BCUT2D eigenvalue weighted by atomic mass is 10.5. The molecule has 0 spiro atoms. The smallest absolute Gasteiger partial charge is 0.258 e. The van der Waals surface area contributed by atoms with E-state index in [2.05, 4.69) is 15.2 Å². The lowest BCUT2D eigenvalue weighted by molar-refractivity contribution is 0.443. The lowest BCUT2D eigenvalue weighted by Gasteiger charge is -1.99. The molecule has 2 aromatic heterocycles. The van der Waals surface area contributed by atoms with Gasteiger partial charge in [-0.15, -0.1) is 5.10 Å². The summed E-state index contributed by atoms with van der Waals surface area (Å²) in [7, 11) is 0. The highest BCUT2D eigenvalue weighted by atomic mass is 35.5. The van der Waals surface area contributed by atoms with Gasteiger partial charge in [0, 0.05) is 18.5 Å². The van der Waals surface area contributed by atoms with E-state index in [-0.39, 0.29) is 0 Å². The number of aromatic nitrogens is 3. The van der Waals surface area contributed by atoms with E-state index < -0.39 is 0 Å². The van der Waals surface area contributed by atoms with Crippen molar-refractivity contribution in [1.82, 2.24) is 15.2 Å². The van der Waals surface area contributed by atoms with E-state index in [1.165, 1.54) is 0 Å². The quantitative estimate of drug-likeness (QED) is 0.800. The Morgan fingerprint density at radius 2 is 2.31 bits per heavy atom. The zero-order valence-electron chi connectivity index (χ0n) is 6.57. The van der Waals surface area contributed by atoms with Crippen LogP contribution in [0.1, 0.15) is 0 Å². The normalized spacial score (nSPS) is 9.92. The predicted octanol–water partition coefficient (Wildman–Crippen LogP) is 2.25. The van der Waals surface area contributed by atoms with Crippen LogP contribution in [0.15, 0.2) is 30.6 Å². The van der Waals surface area contributed by atoms with Crippen molar-refractivity contribution in [3.63, 3.8) is 0 Å². The first-order chi connectivity index (χ1) is 6.36. The molecule has 0 fully saturated rings. The van der Waals surface area contributed by atoms with Gasteiger partial charge in [-0.2, -0.15) is 0 Å². The number of pyridine rings is 1. The van der Waals surface area contributed by atoms with Gasteiger partial charge in [0.15, 0.2) is 0 Å². The van der Waals surface area contributed by atoms with Crippen LogP contribution in [-0.2, 0) is 0 Å². The minimum absolute atomic E-state index is 0.334. The summed E-state index contributed by atoms with van der Waals surface area (Å²) in [5, 5.41) is 6.81. The monoisotopic (exact) mass is 195 g/mol. The number of aromatic amines is 1. The molecule has 0 saturated heterocycles. The fourth-order valence-corrected chi connectivity index (χ4v) is 0.970. The van der Waals surface area contributed by atoms with Gasteiger partial charge in [0.2, 0.25) is 5.88 Å². The van der Waals surface area contributed by atoms with Gasteiger partial charge in [0.25, 0.3) is 5.88 Å². The summed E-state index contributed by atoms with van der Waals surface area (Å²) >= 11 is 5.74. The Bertz CT molecular complexity index is 387. The van der Waals surface area contributed by atoms with Gasteiger partial charge in [-0.25, -0.2) is 4.98 Å². The number of hydrogen-bond donors (Lipinski definition) is 1. The first-order valence-electron chi connectivity index (χ1n) is 3.64. The van der Waals surface area contributed by atoms with Gasteiger partial charge >= 0.3 is 0 Å². The highest BCUT2D eigenvalue weighted by Crippen LogP contribution is 2.24. The molecule has 0 aliphatic rings. The maximum absolute atomic E-state index is 5.74. The van der Waals surface area contributed by atoms with Crippen molar-refractivity contribution >= 4 is 11.6 Å². The highest BCUT2D eigenvalue weighted by molar-refractivity contribution is 6.31. The molecule has 2 aromatic rings. The van der Waals surface area contributed by atoms with Crippen molar-refractivity contribution in [3.05, 3.63) is 35.6 Å². The average molecular weight is 196 g/mol. The van der Waals surface area contributed by atoms with Gasteiger partial charge < -0.3 is 4.74 Å². The van der Waals surface area contributed by atoms with Gasteiger partial charge in [-0.3, -0.25) is 5.10 Å². The van der Waals surface area contributed by atoms with E-state index in [1.54, 1.807) is 24.5 Å². The molecule has 0 unspecified atom stereocenters. The van der Waals surface area contributed by atoms with Crippen molar-refractivity contribution in [3.8, 4) is 11.8 Å². The Morgan fingerprint density at radius 1 is 1.38 bits per heavy atom. The zero-order chi connectivity index (χ0) is 9.10. The molecule has 1 N–H and O–H groups in total. The van der Waals surface area contributed by atoms with Gasteiger partial charge in [-0.1, -0.05) is 17.7 Å². The van der Waals surface area contributed by atoms with E-state index in [4.69, 9.17) is 16.3 Å². The van der Waals surface area contributed by atoms with E-state index in [0.717, 1.165) is 0 Å². The topological polar surface area (TPSA) is 50.8 Å². The minimum atomic E-state index is 0.334. The summed E-state index contributed by atoms with van der Waals surface area (Å²) < 4.78 is 5.26. The van der Waals surface area contributed by atoms with Crippen molar-refractivity contribution < 1.29 is 4.74 Å². The minimum Gasteiger partial charge on any atom is -0.418 e. The van der Waals surface area contributed by atoms with E-state index in [0.29, 0.717) is 16.8 Å². The Kier molecular flexibility index (Phi) is 2.14. The molecule has 4 nitrogen and oxygen atoms in total. The molecule has 2 rings (SSSR count). The van der Waals surface area contributed by atoms with Crippen molar-refractivity contribution in [1.29, 1.82) is 0 Å². The Balaban J connectivity index is 2.20. The SMILES string of the molecule is Clc1c[nH]nc1Oc1ccccn1. The van der Waals surface area contributed by atoms with Gasteiger partial charge in [-0.05, 0) is 6.07 Å². The number of hydrogen-bond acceptors (Lipinski definition) is 3. The number of halogens is 1. The molecule has 0 atom stereocenters. The Labute approximate surface area is 79.5 Å². The van der Waals surface area contributed by atoms with Crippen LogP contribution in [-0.4, -0.2) is 15.2 Å². The molecule has 0 bridgehead atoms. The van der Waals surface area contributed by atoms with Crippen molar-refractivity contribution in [2.24, 2.45) is 0 Å². The maximum atomic E-state index is 5.74. The van der Waals surface area contributed by atoms with Gasteiger partial charge in [0.05, 0.1) is 0 Å². The van der Waals surface area contributed by atoms with Crippen LogP contribution in [0.4, 0.5) is 0 Å². The summed E-state index contributed by atoms with van der Waals surface area (Å²) in [4.78, 5) is 3.96. The summed E-state index contributed by atoms with van der Waals surface area (Å²) in [6.07, 6.45) is 3.18.